The number of β-amino-alcohol motifs (C(OH)–C–C–N with tert-alkyl or cyclic N) is 1. The molecule has 1 aliphatic rings. The first-order valence-corrected chi connectivity index (χ1v) is 8.40. The molecule has 5 nitrogen and oxygen atoms in total. The molecule has 2 rings (SSSR count). The number of hydrogen-bond donors (Lipinski definition) is 1. The summed E-state index contributed by atoms with van der Waals surface area (Å²) in [7, 11) is 0. The summed E-state index contributed by atoms with van der Waals surface area (Å²) in [5, 5.41) is 9.89. The first-order chi connectivity index (χ1) is 11.1. The number of aryl methyl sites for hydroxylation is 1. The quantitative estimate of drug-likeness (QED) is 0.817. The van der Waals surface area contributed by atoms with E-state index in [-0.39, 0.29) is 5.91 Å². The summed E-state index contributed by atoms with van der Waals surface area (Å²) >= 11 is 0. The number of aliphatic hydroxyl groups is 1. The molecule has 1 amide bonds. The monoisotopic (exact) mass is 320 g/mol. The molecule has 0 radical (unpaired) electrons. The van der Waals surface area contributed by atoms with Crippen molar-refractivity contribution < 1.29 is 14.6 Å². The molecule has 5 heteroatoms. The van der Waals surface area contributed by atoms with Crippen molar-refractivity contribution >= 4 is 5.91 Å². The average Bonchev–Trinajstić information content (AvgIpc) is 2.55. The standard InChI is InChI=1S/C18H28N2O3/c1-3-23-14-17(21)13-19-8-10-20(11-9-19)18(22)12-16-7-5-4-6-15(16)2/h4-7,17,21H,3,8-14H2,1-2H3/t17-/m1/s1. The highest BCUT2D eigenvalue weighted by Crippen LogP contribution is 2.11. The fourth-order valence-corrected chi connectivity index (χ4v) is 2.87. The van der Waals surface area contributed by atoms with Crippen molar-refractivity contribution in [3.63, 3.8) is 0 Å². The van der Waals surface area contributed by atoms with Crippen molar-refractivity contribution in [1.82, 2.24) is 9.80 Å². The number of nitrogens with zero attached hydrogens (tertiary/aromatic N) is 2. The first-order valence-electron chi connectivity index (χ1n) is 8.40. The van der Waals surface area contributed by atoms with Crippen LogP contribution >= 0.6 is 0 Å². The van der Waals surface area contributed by atoms with Crippen LogP contribution in [0.3, 0.4) is 0 Å². The largest absolute Gasteiger partial charge is 0.389 e. The number of piperazine rings is 1. The van der Waals surface area contributed by atoms with Crippen LogP contribution in [0.25, 0.3) is 0 Å². The molecule has 0 aliphatic carbocycles. The molecular weight excluding hydrogens is 292 g/mol. The smallest absolute Gasteiger partial charge is 0.227 e. The maximum Gasteiger partial charge on any atom is 0.227 e. The van der Waals surface area contributed by atoms with Gasteiger partial charge in [0.05, 0.1) is 19.1 Å². The molecule has 1 aromatic carbocycles. The van der Waals surface area contributed by atoms with Crippen molar-refractivity contribution in [2.75, 3.05) is 45.9 Å². The van der Waals surface area contributed by atoms with Gasteiger partial charge in [0.15, 0.2) is 0 Å². The van der Waals surface area contributed by atoms with Crippen LogP contribution in [0.4, 0.5) is 0 Å². The molecule has 0 saturated carbocycles. The van der Waals surface area contributed by atoms with Crippen molar-refractivity contribution in [2.45, 2.75) is 26.4 Å². The number of amides is 1. The van der Waals surface area contributed by atoms with Gasteiger partial charge >= 0.3 is 0 Å². The highest BCUT2D eigenvalue weighted by atomic mass is 16.5. The molecule has 23 heavy (non-hydrogen) atoms. The van der Waals surface area contributed by atoms with Gasteiger partial charge in [0, 0.05) is 39.3 Å². The van der Waals surface area contributed by atoms with Gasteiger partial charge in [0.25, 0.3) is 0 Å². The minimum atomic E-state index is -0.454. The lowest BCUT2D eigenvalue weighted by Crippen LogP contribution is -2.51. The SMILES string of the molecule is CCOC[C@H](O)CN1CCN(C(=O)Cc2ccccc2C)CC1. The molecule has 1 fully saturated rings. The van der Waals surface area contributed by atoms with Crippen LogP contribution < -0.4 is 0 Å². The summed E-state index contributed by atoms with van der Waals surface area (Å²) in [5.74, 6) is 0.189. The number of ether oxygens (including phenoxy) is 1. The van der Waals surface area contributed by atoms with Crippen molar-refractivity contribution in [3.8, 4) is 0 Å². The van der Waals surface area contributed by atoms with Crippen molar-refractivity contribution in [3.05, 3.63) is 35.4 Å². The number of carbonyl (C=O) groups excluding carboxylic acids is 1. The van der Waals surface area contributed by atoms with Crippen LogP contribution in [0.15, 0.2) is 24.3 Å². The van der Waals surface area contributed by atoms with Gasteiger partial charge in [-0.2, -0.15) is 0 Å². The summed E-state index contributed by atoms with van der Waals surface area (Å²) in [6.07, 6.45) is 0.0174. The molecule has 0 unspecified atom stereocenters. The Morgan fingerprint density at radius 3 is 2.61 bits per heavy atom. The van der Waals surface area contributed by atoms with E-state index in [1.54, 1.807) is 0 Å². The number of hydrogen-bond acceptors (Lipinski definition) is 4. The molecule has 128 valence electrons. The third-order valence-corrected chi connectivity index (χ3v) is 4.31. The fraction of sp³-hybridized carbons (Fsp3) is 0.611. The Labute approximate surface area is 138 Å². The topological polar surface area (TPSA) is 53.0 Å². The summed E-state index contributed by atoms with van der Waals surface area (Å²) < 4.78 is 5.23. The number of aliphatic hydroxyl groups excluding tert-OH is 1. The van der Waals surface area contributed by atoms with Gasteiger partial charge in [-0.15, -0.1) is 0 Å². The lowest BCUT2D eigenvalue weighted by Gasteiger charge is -2.35. The zero-order valence-corrected chi connectivity index (χ0v) is 14.2. The lowest BCUT2D eigenvalue weighted by molar-refractivity contribution is -0.132. The molecule has 1 atom stereocenters. The fourth-order valence-electron chi connectivity index (χ4n) is 2.87. The Balaban J connectivity index is 1.75. The minimum absolute atomic E-state index is 0.189. The van der Waals surface area contributed by atoms with Gasteiger partial charge in [-0.25, -0.2) is 0 Å². The maximum absolute atomic E-state index is 12.4. The van der Waals surface area contributed by atoms with Crippen molar-refractivity contribution in [2.24, 2.45) is 0 Å². The van der Waals surface area contributed by atoms with Crippen LogP contribution in [0.2, 0.25) is 0 Å². The van der Waals surface area contributed by atoms with Crippen LogP contribution in [0.5, 0.6) is 0 Å². The number of carbonyl (C=O) groups is 1. The van der Waals surface area contributed by atoms with Gasteiger partial charge in [-0.3, -0.25) is 9.69 Å². The molecule has 0 aromatic heterocycles. The second kappa shape index (κ2) is 9.01. The zero-order valence-electron chi connectivity index (χ0n) is 14.2. The lowest BCUT2D eigenvalue weighted by atomic mass is 10.1. The molecule has 0 bridgehead atoms. The number of rotatable bonds is 7. The molecule has 1 N–H and O–H groups in total. The summed E-state index contributed by atoms with van der Waals surface area (Å²) in [4.78, 5) is 16.6. The third kappa shape index (κ3) is 5.61. The summed E-state index contributed by atoms with van der Waals surface area (Å²) in [5.41, 5.74) is 2.27. The first kappa shape index (κ1) is 17.9. The highest BCUT2D eigenvalue weighted by Gasteiger charge is 2.22. The summed E-state index contributed by atoms with van der Waals surface area (Å²) in [6, 6.07) is 8.04. The van der Waals surface area contributed by atoms with Crippen molar-refractivity contribution in [1.29, 1.82) is 0 Å². The van der Waals surface area contributed by atoms with E-state index in [9.17, 15) is 9.90 Å². The second-order valence-electron chi connectivity index (χ2n) is 6.10. The van der Waals surface area contributed by atoms with Crippen LogP contribution in [-0.4, -0.2) is 72.9 Å². The maximum atomic E-state index is 12.4. The number of benzene rings is 1. The van der Waals surface area contributed by atoms with Crippen LogP contribution in [-0.2, 0) is 16.0 Å². The highest BCUT2D eigenvalue weighted by molar-refractivity contribution is 5.79. The molecule has 1 saturated heterocycles. The second-order valence-corrected chi connectivity index (χ2v) is 6.10. The summed E-state index contributed by atoms with van der Waals surface area (Å²) in [6.45, 7) is 8.65. The Hall–Kier alpha value is -1.43. The van der Waals surface area contributed by atoms with E-state index < -0.39 is 6.10 Å². The molecule has 1 heterocycles. The third-order valence-electron chi connectivity index (χ3n) is 4.31. The minimum Gasteiger partial charge on any atom is -0.389 e. The van der Waals surface area contributed by atoms with E-state index >= 15 is 0 Å². The molecule has 1 aromatic rings. The van der Waals surface area contributed by atoms with E-state index in [1.165, 1.54) is 5.56 Å². The van der Waals surface area contributed by atoms with E-state index in [2.05, 4.69) is 4.90 Å². The normalized spacial score (nSPS) is 17.3. The zero-order chi connectivity index (χ0) is 16.7. The molecular formula is C18H28N2O3. The van der Waals surface area contributed by atoms with E-state index in [1.807, 2.05) is 43.0 Å². The average molecular weight is 320 g/mol. The van der Waals surface area contributed by atoms with E-state index in [0.717, 1.165) is 31.7 Å². The van der Waals surface area contributed by atoms with E-state index in [0.29, 0.717) is 26.2 Å². The van der Waals surface area contributed by atoms with Gasteiger partial charge in [0.2, 0.25) is 5.91 Å². The van der Waals surface area contributed by atoms with Gasteiger partial charge in [-0.1, -0.05) is 24.3 Å². The van der Waals surface area contributed by atoms with Gasteiger partial charge < -0.3 is 14.7 Å². The van der Waals surface area contributed by atoms with Crippen LogP contribution in [0.1, 0.15) is 18.1 Å². The Morgan fingerprint density at radius 2 is 1.96 bits per heavy atom. The Morgan fingerprint density at radius 1 is 1.26 bits per heavy atom. The van der Waals surface area contributed by atoms with E-state index in [4.69, 9.17) is 4.74 Å². The Kier molecular flexibility index (Phi) is 7.02. The van der Waals surface area contributed by atoms with Gasteiger partial charge in [0.1, 0.15) is 0 Å². The molecule has 0 spiro atoms. The molecule has 1 aliphatic heterocycles. The Bertz CT molecular complexity index is 499. The predicted molar refractivity (Wildman–Crippen MR) is 90.4 cm³/mol. The van der Waals surface area contributed by atoms with Crippen LogP contribution in [0, 0.1) is 6.92 Å². The van der Waals surface area contributed by atoms with Gasteiger partial charge in [-0.05, 0) is 25.0 Å². The predicted octanol–water partition coefficient (Wildman–Crippen LogP) is 1.08.